The largest absolute Gasteiger partial charge is 0.349 e. The van der Waals surface area contributed by atoms with Crippen LogP contribution >= 0.6 is 23.0 Å². The Hall–Kier alpha value is 0.210. The first kappa shape index (κ1) is 46.2. The Morgan fingerprint density at radius 1 is 0.271 bits per heavy atom. The van der Waals surface area contributed by atoms with Crippen LogP contribution in [0.1, 0.15) is 0 Å². The summed E-state index contributed by atoms with van der Waals surface area (Å²) < 4.78 is 60.6. The van der Waals surface area contributed by atoms with Crippen molar-refractivity contribution in [2.45, 2.75) is 0 Å². The number of hydrogen-bond acceptors (Lipinski definition) is 9. The SMILES string of the molecule is C[N+](C)(C)CCOP1(OCC[N+](C)(C)C)=NP(OCC[N+](C)(C)C)(OCC[N+](C)(C)C)=NP(OCC[N+](C)(C)C)(OCC[N+](C)(C)C)=N1. The zero-order chi connectivity index (χ0) is 37.3. The van der Waals surface area contributed by atoms with E-state index in [1.807, 2.05) is 0 Å². The molecular weight excluding hydrogens is 675 g/mol. The van der Waals surface area contributed by atoms with E-state index in [4.69, 9.17) is 40.7 Å². The summed E-state index contributed by atoms with van der Waals surface area (Å²) in [5, 5.41) is 0. The van der Waals surface area contributed by atoms with E-state index >= 15 is 0 Å². The van der Waals surface area contributed by atoms with E-state index in [-0.39, 0.29) is 0 Å². The lowest BCUT2D eigenvalue weighted by Gasteiger charge is -2.35. The normalized spacial score (nSPS) is 18.6. The Labute approximate surface area is 295 Å². The van der Waals surface area contributed by atoms with Crippen LogP contribution in [0.5, 0.6) is 0 Å². The van der Waals surface area contributed by atoms with Crippen molar-refractivity contribution >= 4 is 23.0 Å². The minimum absolute atomic E-state index is 0.379. The third-order valence-electron chi connectivity index (χ3n) is 6.81. The molecule has 0 amide bonds. The topological polar surface area (TPSA) is 92.5 Å². The first-order valence-electron chi connectivity index (χ1n) is 17.0. The molecule has 1 aliphatic rings. The first-order valence-corrected chi connectivity index (χ1v) is 21.6. The minimum Gasteiger partial charge on any atom is -0.329 e. The lowest BCUT2D eigenvalue weighted by atomic mass is 10.5. The summed E-state index contributed by atoms with van der Waals surface area (Å²) in [5.74, 6) is 0. The second kappa shape index (κ2) is 17.8. The average molecular weight is 754 g/mol. The maximum Gasteiger partial charge on any atom is 0.349 e. The Bertz CT molecular complexity index is 928. The molecule has 18 heteroatoms. The Balaban J connectivity index is 4.07. The zero-order valence-electron chi connectivity index (χ0n) is 34.3. The van der Waals surface area contributed by atoms with Crippen LogP contribution in [0.4, 0.5) is 0 Å². The highest BCUT2D eigenvalue weighted by molar-refractivity contribution is 7.78. The van der Waals surface area contributed by atoms with Gasteiger partial charge in [0.15, 0.2) is 0 Å². The van der Waals surface area contributed by atoms with Gasteiger partial charge in [0.2, 0.25) is 0 Å². The van der Waals surface area contributed by atoms with Crippen LogP contribution in [-0.2, 0) is 27.1 Å². The predicted octanol–water partition coefficient (Wildman–Crippen LogP) is 4.18. The molecule has 0 spiro atoms. The number of nitrogens with zero attached hydrogens (tertiary/aromatic N) is 9. The number of hydrogen-bond donors (Lipinski definition) is 0. The molecule has 0 aliphatic carbocycles. The van der Waals surface area contributed by atoms with Gasteiger partial charge in [-0.05, 0) is 0 Å². The van der Waals surface area contributed by atoms with Gasteiger partial charge < -0.3 is 54.0 Å². The summed E-state index contributed by atoms with van der Waals surface area (Å²) in [6.07, 6.45) is 0. The smallest absolute Gasteiger partial charge is 0.329 e. The van der Waals surface area contributed by atoms with Gasteiger partial charge in [-0.2, -0.15) is 0 Å². The Morgan fingerprint density at radius 2 is 0.396 bits per heavy atom. The molecule has 15 nitrogen and oxygen atoms in total. The van der Waals surface area contributed by atoms with Gasteiger partial charge in [0.1, 0.15) is 78.9 Å². The molecule has 0 atom stereocenters. The fourth-order valence-electron chi connectivity index (χ4n) is 3.51. The molecule has 48 heavy (non-hydrogen) atoms. The second-order valence-electron chi connectivity index (χ2n) is 18.8. The van der Waals surface area contributed by atoms with Crippen molar-refractivity contribution in [3.63, 3.8) is 0 Å². The monoisotopic (exact) mass is 754 g/mol. The summed E-state index contributed by atoms with van der Waals surface area (Å²) >= 11 is 0. The van der Waals surface area contributed by atoms with Crippen LogP contribution in [0.15, 0.2) is 13.5 Å². The first-order chi connectivity index (χ1) is 21.4. The summed E-state index contributed by atoms with van der Waals surface area (Å²) in [6, 6.07) is 0. The van der Waals surface area contributed by atoms with Gasteiger partial charge in [0.05, 0.1) is 127 Å². The Kier molecular flexibility index (Phi) is 17.2. The molecule has 288 valence electrons. The van der Waals surface area contributed by atoms with Crippen LogP contribution in [0.2, 0.25) is 0 Å². The van der Waals surface area contributed by atoms with Crippen molar-refractivity contribution in [1.29, 1.82) is 0 Å². The second-order valence-corrected chi connectivity index (χ2v) is 25.5. The maximum atomic E-state index is 6.75. The fourth-order valence-corrected chi connectivity index (χ4v) is 12.9. The summed E-state index contributed by atoms with van der Waals surface area (Å²) in [5.41, 5.74) is 0. The van der Waals surface area contributed by atoms with Gasteiger partial charge in [0, 0.05) is 0 Å². The molecule has 0 bridgehead atoms. The zero-order valence-corrected chi connectivity index (χ0v) is 37.0. The predicted molar refractivity (Wildman–Crippen MR) is 201 cm³/mol. The molecule has 0 fully saturated rings. The molecule has 0 aromatic rings. The van der Waals surface area contributed by atoms with Crippen molar-refractivity contribution in [3.05, 3.63) is 0 Å². The van der Waals surface area contributed by atoms with Crippen molar-refractivity contribution < 1.29 is 54.0 Å². The van der Waals surface area contributed by atoms with E-state index < -0.39 is 23.0 Å². The number of quaternary nitrogens is 6. The highest BCUT2D eigenvalue weighted by Gasteiger charge is 2.44. The molecule has 0 aromatic heterocycles. The summed E-state index contributed by atoms with van der Waals surface area (Å²) in [4.78, 5) is 0. The van der Waals surface area contributed by atoms with Crippen molar-refractivity contribution in [2.24, 2.45) is 13.5 Å². The lowest BCUT2D eigenvalue weighted by molar-refractivity contribution is -0.870. The van der Waals surface area contributed by atoms with E-state index in [1.165, 1.54) is 0 Å². The Morgan fingerprint density at radius 3 is 0.500 bits per heavy atom. The molecule has 0 radical (unpaired) electrons. The van der Waals surface area contributed by atoms with E-state index in [2.05, 4.69) is 127 Å². The number of rotatable bonds is 24. The molecule has 0 saturated heterocycles. The average Bonchev–Trinajstić information content (AvgIpc) is 2.78. The van der Waals surface area contributed by atoms with Gasteiger partial charge in [-0.3, -0.25) is 0 Å². The third kappa shape index (κ3) is 21.5. The van der Waals surface area contributed by atoms with Gasteiger partial charge >= 0.3 is 23.0 Å². The van der Waals surface area contributed by atoms with Crippen LogP contribution in [0.3, 0.4) is 0 Å². The molecule has 1 rings (SSSR count). The van der Waals surface area contributed by atoms with Gasteiger partial charge in [-0.15, -0.1) is 13.5 Å². The van der Waals surface area contributed by atoms with Gasteiger partial charge in [0.25, 0.3) is 0 Å². The third-order valence-corrected chi connectivity index (χ3v) is 15.3. The van der Waals surface area contributed by atoms with Crippen LogP contribution in [0.25, 0.3) is 0 Å². The van der Waals surface area contributed by atoms with E-state index in [1.54, 1.807) is 0 Å². The maximum absolute atomic E-state index is 6.75. The standard InChI is InChI=1S/C30H78N9O6P3/c1-34(2,3)19-25-40-46(41-26-20-35(4,5)6)31-47(42-27-21-36(7,8)9,43-28-22-37(10,11)12)33-48(32-46,44-29-23-38(13,14)15)45-30-24-39(16,17)18/h19-30H2,1-18H3/q+6. The lowest BCUT2D eigenvalue weighted by Crippen LogP contribution is -2.38. The van der Waals surface area contributed by atoms with Gasteiger partial charge in [-0.1, -0.05) is 0 Å². The van der Waals surface area contributed by atoms with Crippen LogP contribution in [-0.4, -0.2) is 233 Å². The van der Waals surface area contributed by atoms with Crippen molar-refractivity contribution in [2.75, 3.05) is 206 Å². The minimum atomic E-state index is -3.41. The summed E-state index contributed by atoms with van der Waals surface area (Å²) in [7, 11) is 28.2. The highest BCUT2D eigenvalue weighted by Crippen LogP contribution is 2.80. The molecule has 0 aromatic carbocycles. The molecule has 0 unspecified atom stereocenters. The molecular formula is C30H78N9O6P3+6. The van der Waals surface area contributed by atoms with Gasteiger partial charge in [-0.25, -0.2) is 0 Å². The number of likely N-dealkylation sites (N-methyl/N-ethyl adjacent to an activating group) is 6. The molecule has 1 heterocycles. The van der Waals surface area contributed by atoms with E-state index in [0.29, 0.717) is 66.5 Å². The quantitative estimate of drug-likeness (QED) is 0.109. The summed E-state index contributed by atoms with van der Waals surface area (Å²) in [6.45, 7) is 6.66. The highest BCUT2D eigenvalue weighted by atomic mass is 31.3. The fraction of sp³-hybridized carbons (Fsp3) is 1.00. The molecule has 0 saturated carbocycles. The molecule has 1 aliphatic heterocycles. The molecule has 0 N–H and O–H groups in total. The van der Waals surface area contributed by atoms with E-state index in [0.717, 1.165) is 39.3 Å². The van der Waals surface area contributed by atoms with Crippen molar-refractivity contribution in [3.8, 4) is 0 Å². The van der Waals surface area contributed by atoms with Crippen molar-refractivity contribution in [1.82, 2.24) is 0 Å². The van der Waals surface area contributed by atoms with Crippen LogP contribution < -0.4 is 0 Å². The van der Waals surface area contributed by atoms with E-state index in [9.17, 15) is 0 Å². The van der Waals surface area contributed by atoms with Crippen LogP contribution in [0, 0.1) is 0 Å².